The third-order valence-corrected chi connectivity index (χ3v) is 6.56. The van der Waals surface area contributed by atoms with Crippen molar-refractivity contribution in [2.75, 3.05) is 11.9 Å². The van der Waals surface area contributed by atoms with E-state index in [9.17, 15) is 24.3 Å². The quantitative estimate of drug-likeness (QED) is 0.277. The van der Waals surface area contributed by atoms with Gasteiger partial charge < -0.3 is 25.3 Å². The second kappa shape index (κ2) is 10.3. The van der Waals surface area contributed by atoms with E-state index in [-0.39, 0.29) is 36.4 Å². The van der Waals surface area contributed by atoms with Gasteiger partial charge in [-0.1, -0.05) is 18.2 Å². The Kier molecular flexibility index (Phi) is 6.75. The van der Waals surface area contributed by atoms with Gasteiger partial charge >= 0.3 is 0 Å². The Bertz CT molecular complexity index is 1520. The molecule has 5 rings (SSSR count). The molecular weight excluding hydrogens is 488 g/mol. The molecule has 194 valence electrons. The molecular formula is C27H26N6O5. The Labute approximate surface area is 217 Å². The van der Waals surface area contributed by atoms with Gasteiger partial charge in [-0.15, -0.1) is 0 Å². The summed E-state index contributed by atoms with van der Waals surface area (Å²) in [6, 6.07) is 14.2. The molecule has 2 aromatic heterocycles. The minimum atomic E-state index is -0.838. The lowest BCUT2D eigenvalue weighted by Gasteiger charge is -2.14. The number of rotatable bonds is 10. The molecule has 1 atom stereocenters. The Morgan fingerprint density at radius 3 is 2.45 bits per heavy atom. The van der Waals surface area contributed by atoms with Crippen molar-refractivity contribution in [1.82, 2.24) is 19.0 Å². The van der Waals surface area contributed by atoms with E-state index in [0.29, 0.717) is 36.2 Å². The van der Waals surface area contributed by atoms with Crippen LogP contribution in [0.2, 0.25) is 0 Å². The first-order valence-electron chi connectivity index (χ1n) is 12.2. The molecule has 1 aliphatic rings. The van der Waals surface area contributed by atoms with Crippen LogP contribution in [0.15, 0.2) is 67.3 Å². The van der Waals surface area contributed by atoms with Crippen LogP contribution in [0.25, 0.3) is 10.9 Å². The average Bonchev–Trinajstić information content (AvgIpc) is 3.61. The Morgan fingerprint density at radius 1 is 1.03 bits per heavy atom. The summed E-state index contributed by atoms with van der Waals surface area (Å²) in [6.07, 6.45) is 4.95. The van der Waals surface area contributed by atoms with Crippen LogP contribution in [-0.2, 0) is 11.3 Å². The summed E-state index contributed by atoms with van der Waals surface area (Å²) >= 11 is 0. The molecule has 11 nitrogen and oxygen atoms in total. The lowest BCUT2D eigenvalue weighted by atomic mass is 10.1. The van der Waals surface area contributed by atoms with Crippen molar-refractivity contribution in [3.63, 3.8) is 0 Å². The third-order valence-electron chi connectivity index (χ3n) is 6.56. The molecule has 2 aromatic carbocycles. The minimum absolute atomic E-state index is 0.00300. The second-order valence-corrected chi connectivity index (χ2v) is 9.08. The van der Waals surface area contributed by atoms with Gasteiger partial charge in [0.15, 0.2) is 0 Å². The first-order valence-corrected chi connectivity index (χ1v) is 12.2. The van der Waals surface area contributed by atoms with Crippen LogP contribution in [0.1, 0.15) is 56.7 Å². The fraction of sp³-hybridized carbons (Fsp3) is 0.222. The predicted molar refractivity (Wildman–Crippen MR) is 138 cm³/mol. The fourth-order valence-electron chi connectivity index (χ4n) is 4.56. The molecule has 3 heterocycles. The summed E-state index contributed by atoms with van der Waals surface area (Å²) in [5.74, 6) is -1.73. The highest BCUT2D eigenvalue weighted by atomic mass is 16.3. The molecule has 0 aliphatic carbocycles. The van der Waals surface area contributed by atoms with E-state index in [2.05, 4.69) is 10.3 Å². The molecule has 0 bridgehead atoms. The van der Waals surface area contributed by atoms with Crippen LogP contribution in [0.3, 0.4) is 0 Å². The van der Waals surface area contributed by atoms with Gasteiger partial charge in [0.05, 0.1) is 23.0 Å². The number of anilines is 1. The summed E-state index contributed by atoms with van der Waals surface area (Å²) in [7, 11) is 0. The number of aliphatic hydroxyl groups excluding tert-OH is 1. The van der Waals surface area contributed by atoms with Gasteiger partial charge in [0.25, 0.3) is 17.7 Å². The first kappa shape index (κ1) is 24.9. The summed E-state index contributed by atoms with van der Waals surface area (Å²) in [6.45, 7) is 0.617. The number of aryl methyl sites for hydroxylation is 1. The van der Waals surface area contributed by atoms with Crippen molar-refractivity contribution in [3.8, 4) is 0 Å². The van der Waals surface area contributed by atoms with E-state index in [1.165, 1.54) is 17.1 Å². The van der Waals surface area contributed by atoms with Crippen LogP contribution < -0.4 is 11.1 Å². The zero-order valence-corrected chi connectivity index (χ0v) is 20.4. The Morgan fingerprint density at radius 2 is 1.76 bits per heavy atom. The average molecular weight is 515 g/mol. The monoisotopic (exact) mass is 514 g/mol. The van der Waals surface area contributed by atoms with Crippen LogP contribution in [0.5, 0.6) is 0 Å². The van der Waals surface area contributed by atoms with E-state index in [1.807, 2.05) is 29.0 Å². The normalized spacial score (nSPS) is 13.7. The highest BCUT2D eigenvalue weighted by molar-refractivity contribution is 6.21. The number of amides is 4. The van der Waals surface area contributed by atoms with Gasteiger partial charge in [0, 0.05) is 37.6 Å². The Hall–Kier alpha value is -4.77. The van der Waals surface area contributed by atoms with Gasteiger partial charge in [0.2, 0.25) is 5.91 Å². The molecule has 4 aromatic rings. The number of fused-ring (bicyclic) bond motifs is 2. The number of aliphatic hydroxyl groups is 1. The number of hydrogen-bond acceptors (Lipinski definition) is 6. The summed E-state index contributed by atoms with van der Waals surface area (Å²) in [4.78, 5) is 53.8. The molecule has 4 amide bonds. The van der Waals surface area contributed by atoms with E-state index in [1.54, 1.807) is 30.3 Å². The molecule has 0 fully saturated rings. The number of nitrogens with one attached hydrogen (secondary N) is 1. The van der Waals surface area contributed by atoms with Crippen molar-refractivity contribution >= 4 is 40.2 Å². The molecule has 38 heavy (non-hydrogen) atoms. The summed E-state index contributed by atoms with van der Waals surface area (Å²) in [5, 5.41) is 14.2. The predicted octanol–water partition coefficient (Wildman–Crippen LogP) is 2.53. The van der Waals surface area contributed by atoms with Gasteiger partial charge in [-0.3, -0.25) is 24.1 Å². The van der Waals surface area contributed by atoms with Crippen molar-refractivity contribution in [3.05, 3.63) is 84.1 Å². The van der Waals surface area contributed by atoms with Crippen LogP contribution in [-0.4, -0.2) is 54.3 Å². The van der Waals surface area contributed by atoms with E-state index in [4.69, 9.17) is 5.73 Å². The van der Waals surface area contributed by atoms with Gasteiger partial charge in [0.1, 0.15) is 11.9 Å². The highest BCUT2D eigenvalue weighted by Crippen LogP contribution is 2.24. The summed E-state index contributed by atoms with van der Waals surface area (Å²) in [5.41, 5.74) is 7.53. The third kappa shape index (κ3) is 4.91. The molecule has 1 unspecified atom stereocenters. The number of hydrogen-bond donors (Lipinski definition) is 3. The largest absolute Gasteiger partial charge is 0.373 e. The molecule has 1 aliphatic heterocycles. The van der Waals surface area contributed by atoms with Crippen LogP contribution in [0.4, 0.5) is 5.69 Å². The smallest absolute Gasteiger partial charge is 0.268 e. The number of carbonyl (C=O) groups excluding carboxylic acids is 4. The standard InChI is InChI=1S/C27H26N6O5/c28-25(36)21-15-32(16-29-21)24(35)6-3-11-31-12-9-17-7-8-18(14-22(17)31)30-23(34)10-13-33-26(37)19-4-1-2-5-20(19)27(33)38/h1-2,4-5,7-9,12,14-16,24,35H,3,6,10-11,13H2,(H2,28,36)(H,30,34). The molecule has 4 N–H and O–H groups in total. The Balaban J connectivity index is 1.16. The van der Waals surface area contributed by atoms with E-state index < -0.39 is 12.1 Å². The lowest BCUT2D eigenvalue weighted by molar-refractivity contribution is -0.116. The number of carbonyl (C=O) groups is 4. The maximum absolute atomic E-state index is 12.6. The van der Waals surface area contributed by atoms with Gasteiger partial charge in [-0.2, -0.15) is 0 Å². The number of imide groups is 1. The number of nitrogens with two attached hydrogens (primary N) is 1. The minimum Gasteiger partial charge on any atom is -0.373 e. The van der Waals surface area contributed by atoms with Crippen LogP contribution >= 0.6 is 0 Å². The number of imidazole rings is 1. The van der Waals surface area contributed by atoms with Crippen molar-refractivity contribution in [2.45, 2.75) is 32.0 Å². The summed E-state index contributed by atoms with van der Waals surface area (Å²) < 4.78 is 3.47. The van der Waals surface area contributed by atoms with Crippen LogP contribution in [0, 0.1) is 0 Å². The molecule has 0 radical (unpaired) electrons. The van der Waals surface area contributed by atoms with E-state index in [0.717, 1.165) is 15.8 Å². The highest BCUT2D eigenvalue weighted by Gasteiger charge is 2.34. The number of aromatic nitrogens is 3. The maximum Gasteiger partial charge on any atom is 0.268 e. The lowest BCUT2D eigenvalue weighted by Crippen LogP contribution is -2.32. The molecule has 11 heteroatoms. The number of benzene rings is 2. The topological polar surface area (TPSA) is 153 Å². The van der Waals surface area contributed by atoms with Gasteiger partial charge in [-0.25, -0.2) is 4.98 Å². The SMILES string of the molecule is NC(=O)c1cn(C(O)CCCn2ccc3ccc(NC(=O)CCN4C(=O)c5ccccc5C4=O)cc32)cn1. The van der Waals surface area contributed by atoms with Gasteiger partial charge in [-0.05, 0) is 48.6 Å². The zero-order valence-electron chi connectivity index (χ0n) is 20.4. The number of primary amides is 1. The second-order valence-electron chi connectivity index (χ2n) is 9.08. The van der Waals surface area contributed by atoms with Crippen molar-refractivity contribution < 1.29 is 24.3 Å². The molecule has 0 saturated heterocycles. The fourth-order valence-corrected chi connectivity index (χ4v) is 4.56. The van der Waals surface area contributed by atoms with E-state index >= 15 is 0 Å². The number of nitrogens with zero attached hydrogens (tertiary/aromatic N) is 4. The van der Waals surface area contributed by atoms with Crippen molar-refractivity contribution in [2.24, 2.45) is 5.73 Å². The maximum atomic E-state index is 12.6. The van der Waals surface area contributed by atoms with Crippen molar-refractivity contribution in [1.29, 1.82) is 0 Å². The molecule has 0 saturated carbocycles. The molecule has 0 spiro atoms. The zero-order chi connectivity index (χ0) is 26.8. The first-order chi connectivity index (χ1) is 18.3.